The van der Waals surface area contributed by atoms with Crippen molar-refractivity contribution in [3.63, 3.8) is 0 Å². The standard InChI is InChI=1S/2C12H11P.C2H6.HI.NO.Ni/c2*1-3-7-11(8-4-1)13-12-9-5-2-6-10-12;1-2;;1-2;/h2*1-10,13H;1-2H3;1H;;/q;;;;-1;+1/p-1. The average Bonchev–Trinajstić information content (AvgIpc) is 2.91. The molecule has 2 nitrogen and oxygen atoms in total. The number of rotatable bonds is 4. The maximum Gasteiger partial charge on any atom is -0.0226 e. The SMILES string of the molecule is CC.[N-]=O.[Ni][I].c1ccc(Pc2ccccc2)cc1.c1ccc(Pc2ccccc2)cc1. The molecular formula is C26H28INNiOP2-. The van der Waals surface area contributed by atoms with Crippen LogP contribution in [0.1, 0.15) is 13.8 Å². The molecule has 0 bridgehead atoms. The first kappa shape index (κ1) is 30.6. The van der Waals surface area contributed by atoms with E-state index >= 15 is 0 Å². The molecule has 0 spiro atoms. The molecule has 0 amide bonds. The number of benzene rings is 4. The third kappa shape index (κ3) is 14.6. The van der Waals surface area contributed by atoms with Crippen molar-refractivity contribution in [3.05, 3.63) is 132 Å². The van der Waals surface area contributed by atoms with Gasteiger partial charge in [-0.2, -0.15) is 0 Å². The molecule has 0 unspecified atom stereocenters. The van der Waals surface area contributed by atoms with Gasteiger partial charge in [-0.15, -0.1) is 0 Å². The third-order valence-corrected chi connectivity index (χ3v) is 6.16. The molecule has 0 aliphatic heterocycles. The van der Waals surface area contributed by atoms with Crippen LogP contribution in [0.4, 0.5) is 0 Å². The second kappa shape index (κ2) is 22.7. The minimum Gasteiger partial charge on any atom is -0.0622 e. The minimum absolute atomic E-state index is 0.777. The Bertz CT molecular complexity index is 750. The van der Waals surface area contributed by atoms with E-state index < -0.39 is 0 Å². The summed E-state index contributed by atoms with van der Waals surface area (Å²) in [6.45, 7) is 4.00. The Morgan fingerprint density at radius 3 is 0.781 bits per heavy atom. The zero-order valence-corrected chi connectivity index (χ0v) is 23.2. The Kier molecular flexibility index (Phi) is 21.7. The molecule has 171 valence electrons. The predicted molar refractivity (Wildman–Crippen MR) is 153 cm³/mol. The van der Waals surface area contributed by atoms with Crippen LogP contribution in [-0.4, -0.2) is 0 Å². The number of nitrogens with zero attached hydrogens (tertiary/aromatic N) is 1. The molecule has 0 heterocycles. The van der Waals surface area contributed by atoms with Crippen molar-refractivity contribution >= 4 is 58.9 Å². The van der Waals surface area contributed by atoms with E-state index in [1.54, 1.807) is 20.5 Å². The van der Waals surface area contributed by atoms with Gasteiger partial charge in [0.1, 0.15) is 0 Å². The summed E-state index contributed by atoms with van der Waals surface area (Å²) in [6, 6.07) is 42.3. The molecule has 6 heteroatoms. The van der Waals surface area contributed by atoms with Crippen molar-refractivity contribution in [2.45, 2.75) is 13.8 Å². The Morgan fingerprint density at radius 2 is 0.625 bits per heavy atom. The van der Waals surface area contributed by atoms with E-state index in [4.69, 9.17) is 10.5 Å². The summed E-state index contributed by atoms with van der Waals surface area (Å²) in [5.41, 5.74) is 5.75. The zero-order chi connectivity index (χ0) is 23.9. The predicted octanol–water partition coefficient (Wildman–Crippen LogP) is 6.86. The fourth-order valence-corrected chi connectivity index (χ4v) is 4.52. The monoisotopic (exact) mass is 617 g/mol. The van der Waals surface area contributed by atoms with Crippen LogP contribution in [0.2, 0.25) is 0 Å². The molecule has 0 radical (unpaired) electrons. The van der Waals surface area contributed by atoms with Crippen molar-refractivity contribution in [1.29, 1.82) is 0 Å². The Balaban J connectivity index is 0.000000488. The van der Waals surface area contributed by atoms with E-state index in [-0.39, 0.29) is 0 Å². The van der Waals surface area contributed by atoms with Gasteiger partial charge in [-0.25, -0.2) is 0 Å². The van der Waals surface area contributed by atoms with Gasteiger partial charge in [-0.1, -0.05) is 152 Å². The summed E-state index contributed by atoms with van der Waals surface area (Å²) in [7, 11) is 1.55. The summed E-state index contributed by atoms with van der Waals surface area (Å²) in [5, 5.41) is 5.59. The fraction of sp³-hybridized carbons (Fsp3) is 0.0769. The van der Waals surface area contributed by atoms with Gasteiger partial charge >= 0.3 is 32.8 Å². The first-order chi connectivity index (χ1) is 15.9. The van der Waals surface area contributed by atoms with Gasteiger partial charge in [0.25, 0.3) is 0 Å². The second-order valence-corrected chi connectivity index (χ2v) is 8.52. The summed E-state index contributed by atoms with van der Waals surface area (Å²) in [5.74, 6) is 0. The fourth-order valence-electron chi connectivity index (χ4n) is 2.42. The smallest absolute Gasteiger partial charge is 0.0226 e. The summed E-state index contributed by atoms with van der Waals surface area (Å²) in [6.07, 6.45) is 0. The quantitative estimate of drug-likeness (QED) is 0.140. The normalized spacial score (nSPS) is 8.53. The van der Waals surface area contributed by atoms with E-state index in [1.165, 1.54) is 21.2 Å². The van der Waals surface area contributed by atoms with E-state index in [1.807, 2.05) is 13.8 Å². The summed E-state index contributed by atoms with van der Waals surface area (Å²) >= 11 is 5.62. The van der Waals surface area contributed by atoms with E-state index in [2.05, 4.69) is 134 Å². The molecular weight excluding hydrogens is 590 g/mol. The molecule has 0 aromatic heterocycles. The number of hydrogen-bond acceptors (Lipinski definition) is 1. The van der Waals surface area contributed by atoms with E-state index in [0.717, 1.165) is 17.2 Å². The van der Waals surface area contributed by atoms with Crippen molar-refractivity contribution in [1.82, 2.24) is 0 Å². The van der Waals surface area contributed by atoms with Gasteiger partial charge in [0.15, 0.2) is 0 Å². The Morgan fingerprint density at radius 1 is 0.469 bits per heavy atom. The Hall–Kier alpha value is -1.44. The van der Waals surface area contributed by atoms with Crippen LogP contribution in [-0.2, 0) is 12.3 Å². The van der Waals surface area contributed by atoms with Crippen LogP contribution in [0.25, 0.3) is 5.59 Å². The van der Waals surface area contributed by atoms with Crippen molar-refractivity contribution < 1.29 is 12.3 Å². The van der Waals surface area contributed by atoms with Gasteiger partial charge < -0.3 is 10.5 Å². The van der Waals surface area contributed by atoms with Crippen molar-refractivity contribution in [3.8, 4) is 0 Å². The third-order valence-electron chi connectivity index (χ3n) is 3.67. The molecule has 0 saturated carbocycles. The molecule has 0 aliphatic carbocycles. The maximum absolute atomic E-state index is 7.25. The van der Waals surface area contributed by atoms with Crippen molar-refractivity contribution in [2.75, 3.05) is 0 Å². The Labute approximate surface area is 215 Å². The van der Waals surface area contributed by atoms with Crippen LogP contribution < -0.4 is 21.2 Å². The molecule has 0 fully saturated rings. The molecule has 0 aliphatic rings. The van der Waals surface area contributed by atoms with Crippen LogP contribution in [0.5, 0.6) is 0 Å². The van der Waals surface area contributed by atoms with Crippen molar-refractivity contribution in [2.24, 2.45) is 0 Å². The molecule has 0 atom stereocenters. The second-order valence-electron chi connectivity index (χ2n) is 5.71. The van der Waals surface area contributed by atoms with Gasteiger partial charge in [0, 0.05) is 0 Å². The zero-order valence-electron chi connectivity index (χ0n) is 18.1. The number of hydrogen-bond donors (Lipinski definition) is 0. The van der Waals surface area contributed by atoms with Gasteiger partial charge in [0.05, 0.1) is 0 Å². The minimum atomic E-state index is 0.777. The van der Waals surface area contributed by atoms with Gasteiger partial charge in [-0.05, 0) is 21.2 Å². The van der Waals surface area contributed by atoms with Crippen LogP contribution in [0, 0.1) is 4.91 Å². The van der Waals surface area contributed by atoms with Gasteiger partial charge in [-0.3, -0.25) is 0 Å². The number of nitroso groups, excluding NO2 is 1. The number of halogens is 1. The molecule has 32 heavy (non-hydrogen) atoms. The summed E-state index contributed by atoms with van der Waals surface area (Å²) in [4.78, 5) is 7.25. The maximum atomic E-state index is 7.25. The van der Waals surface area contributed by atoms with Crippen LogP contribution in [0.15, 0.2) is 121 Å². The summed E-state index contributed by atoms with van der Waals surface area (Å²) < 4.78 is 0. The molecule has 4 aromatic rings. The van der Waals surface area contributed by atoms with Gasteiger partial charge in [0.2, 0.25) is 0 Å². The molecule has 0 N–H and O–H groups in total. The van der Waals surface area contributed by atoms with Crippen LogP contribution in [0.3, 0.4) is 0 Å². The first-order valence-electron chi connectivity index (χ1n) is 9.94. The topological polar surface area (TPSA) is 39.4 Å². The first-order valence-corrected chi connectivity index (χ1v) is 15.1. The average molecular weight is 618 g/mol. The molecule has 0 saturated heterocycles. The van der Waals surface area contributed by atoms with E-state index in [9.17, 15) is 0 Å². The largest absolute Gasteiger partial charge is 0.0622 e. The molecule has 4 aromatic carbocycles. The van der Waals surface area contributed by atoms with E-state index in [0.29, 0.717) is 0 Å². The van der Waals surface area contributed by atoms with Crippen LogP contribution >= 0.6 is 37.6 Å². The molecule has 4 rings (SSSR count).